The van der Waals surface area contributed by atoms with Crippen LogP contribution in [0.2, 0.25) is 0 Å². The van der Waals surface area contributed by atoms with Crippen molar-refractivity contribution < 1.29 is 22.0 Å². The quantitative estimate of drug-likeness (QED) is 0.750. The molecular weight excluding hydrogens is 398 g/mol. The average molecular weight is 425 g/mol. The third kappa shape index (κ3) is 3.28. The fourth-order valence-corrected chi connectivity index (χ4v) is 7.91. The highest BCUT2D eigenvalue weighted by Crippen LogP contribution is 2.56. The maximum Gasteiger partial charge on any atom is 0.243 e. The van der Waals surface area contributed by atoms with Crippen LogP contribution in [0.5, 0.6) is 0 Å². The molecular formula is C21H26F2N2O3S. The molecule has 0 unspecified atom stereocenters. The number of hydrogen-bond acceptors (Lipinski definition) is 3. The summed E-state index contributed by atoms with van der Waals surface area (Å²) in [5, 5.41) is 0. The van der Waals surface area contributed by atoms with Gasteiger partial charge in [0.15, 0.2) is 11.6 Å². The van der Waals surface area contributed by atoms with Gasteiger partial charge in [-0.15, -0.1) is 0 Å². The number of nitrogens with zero attached hydrogens (tertiary/aromatic N) is 2. The van der Waals surface area contributed by atoms with Gasteiger partial charge in [-0.1, -0.05) is 0 Å². The molecule has 8 heteroatoms. The predicted molar refractivity (Wildman–Crippen MR) is 102 cm³/mol. The van der Waals surface area contributed by atoms with Crippen LogP contribution in [0.4, 0.5) is 8.78 Å². The number of sulfonamides is 1. The van der Waals surface area contributed by atoms with Gasteiger partial charge in [0.25, 0.3) is 0 Å². The molecule has 0 atom stereocenters. The second-order valence-corrected chi connectivity index (χ2v) is 11.2. The van der Waals surface area contributed by atoms with Crippen LogP contribution in [0.3, 0.4) is 0 Å². The number of carbonyl (C=O) groups excluding carboxylic acids is 1. The Morgan fingerprint density at radius 1 is 0.862 bits per heavy atom. The molecule has 4 saturated carbocycles. The number of piperazine rings is 1. The van der Waals surface area contributed by atoms with Crippen LogP contribution in [0.1, 0.15) is 32.1 Å². The molecule has 4 aliphatic carbocycles. The van der Waals surface area contributed by atoms with Crippen LogP contribution < -0.4 is 0 Å². The van der Waals surface area contributed by atoms with Gasteiger partial charge in [0, 0.05) is 32.1 Å². The molecule has 1 aromatic rings. The van der Waals surface area contributed by atoms with E-state index in [4.69, 9.17) is 0 Å². The monoisotopic (exact) mass is 424 g/mol. The van der Waals surface area contributed by atoms with Gasteiger partial charge in [0.1, 0.15) is 0 Å². The molecule has 6 rings (SSSR count). The first-order valence-electron chi connectivity index (χ1n) is 10.6. The molecule has 29 heavy (non-hydrogen) atoms. The zero-order valence-electron chi connectivity index (χ0n) is 16.3. The molecule has 0 spiro atoms. The first-order valence-corrected chi connectivity index (χ1v) is 12.0. The normalized spacial score (nSPS) is 34.6. The molecule has 5 fully saturated rings. The molecule has 5 aliphatic rings. The van der Waals surface area contributed by atoms with Crippen molar-refractivity contribution in [2.24, 2.45) is 29.6 Å². The third-order valence-electron chi connectivity index (χ3n) is 7.59. The Bertz CT molecular complexity index is 900. The maximum absolute atomic E-state index is 13.5. The topological polar surface area (TPSA) is 57.7 Å². The van der Waals surface area contributed by atoms with Crippen LogP contribution in [0, 0.1) is 41.2 Å². The summed E-state index contributed by atoms with van der Waals surface area (Å²) < 4.78 is 53.4. The zero-order valence-corrected chi connectivity index (χ0v) is 17.1. The minimum absolute atomic E-state index is 0.108. The summed E-state index contributed by atoms with van der Waals surface area (Å²) in [7, 11) is -3.90. The highest BCUT2D eigenvalue weighted by atomic mass is 32.2. The maximum atomic E-state index is 13.5. The van der Waals surface area contributed by atoms with Crippen molar-refractivity contribution in [1.29, 1.82) is 0 Å². The Hall–Kier alpha value is -1.54. The molecule has 0 N–H and O–H groups in total. The van der Waals surface area contributed by atoms with Crippen LogP contribution >= 0.6 is 0 Å². The van der Waals surface area contributed by atoms with Gasteiger partial charge in [-0.3, -0.25) is 4.79 Å². The number of carbonyl (C=O) groups is 1. The number of amides is 1. The van der Waals surface area contributed by atoms with E-state index < -0.39 is 21.7 Å². The highest BCUT2D eigenvalue weighted by Gasteiger charge is 2.51. The summed E-state index contributed by atoms with van der Waals surface area (Å²) in [4.78, 5) is 14.8. The van der Waals surface area contributed by atoms with Crippen molar-refractivity contribution in [3.8, 4) is 0 Å². The van der Waals surface area contributed by atoms with Crippen LogP contribution in [0.25, 0.3) is 0 Å². The minimum Gasteiger partial charge on any atom is -0.340 e. The second kappa shape index (κ2) is 7.01. The van der Waals surface area contributed by atoms with Crippen molar-refractivity contribution >= 4 is 15.9 Å². The van der Waals surface area contributed by atoms with E-state index in [0.717, 1.165) is 30.0 Å². The lowest BCUT2D eigenvalue weighted by atomic mass is 9.51. The fourth-order valence-electron chi connectivity index (χ4n) is 6.47. The van der Waals surface area contributed by atoms with E-state index >= 15 is 0 Å². The van der Waals surface area contributed by atoms with Gasteiger partial charge >= 0.3 is 0 Å². The molecule has 1 aliphatic heterocycles. The van der Waals surface area contributed by atoms with E-state index in [-0.39, 0.29) is 29.8 Å². The van der Waals surface area contributed by atoms with E-state index in [0.29, 0.717) is 24.9 Å². The highest BCUT2D eigenvalue weighted by molar-refractivity contribution is 7.89. The number of halogens is 2. The van der Waals surface area contributed by atoms with Crippen molar-refractivity contribution in [3.05, 3.63) is 29.8 Å². The Balaban J connectivity index is 1.25. The van der Waals surface area contributed by atoms with E-state index in [2.05, 4.69) is 0 Å². The van der Waals surface area contributed by atoms with Crippen molar-refractivity contribution in [3.63, 3.8) is 0 Å². The smallest absolute Gasteiger partial charge is 0.243 e. The van der Waals surface area contributed by atoms with Gasteiger partial charge in [-0.05, 0) is 74.0 Å². The summed E-state index contributed by atoms with van der Waals surface area (Å²) in [6, 6.07) is 2.63. The van der Waals surface area contributed by atoms with Crippen molar-refractivity contribution in [2.45, 2.75) is 37.0 Å². The van der Waals surface area contributed by atoms with Gasteiger partial charge in [-0.2, -0.15) is 4.31 Å². The van der Waals surface area contributed by atoms with E-state index in [1.54, 1.807) is 0 Å². The first kappa shape index (κ1) is 19.4. The third-order valence-corrected chi connectivity index (χ3v) is 9.49. The van der Waals surface area contributed by atoms with E-state index in [1.165, 1.54) is 36.4 Å². The van der Waals surface area contributed by atoms with Crippen LogP contribution in [-0.4, -0.2) is 49.7 Å². The minimum atomic E-state index is -3.90. The summed E-state index contributed by atoms with van der Waals surface area (Å²) in [5.74, 6) is 0.669. The van der Waals surface area contributed by atoms with Gasteiger partial charge in [0.05, 0.1) is 4.90 Å². The predicted octanol–water partition coefficient (Wildman–Crippen LogP) is 2.87. The summed E-state index contributed by atoms with van der Waals surface area (Å²) >= 11 is 0. The molecule has 5 nitrogen and oxygen atoms in total. The Kier molecular flexibility index (Phi) is 4.70. The standard InChI is InChI=1S/C21H26F2N2O3S/c22-18-2-1-17(12-19(18)23)29(27,28)25-5-3-24(4-6-25)21(26)20-15-8-13-7-14(10-15)11-16(20)9-13/h1-2,12-16,20H,3-11H2. The van der Waals surface area contributed by atoms with E-state index in [1.807, 2.05) is 4.90 Å². The number of rotatable bonds is 3. The van der Waals surface area contributed by atoms with E-state index in [9.17, 15) is 22.0 Å². The fraction of sp³-hybridized carbons (Fsp3) is 0.667. The van der Waals surface area contributed by atoms with Crippen LogP contribution in [-0.2, 0) is 14.8 Å². The van der Waals surface area contributed by atoms with Crippen LogP contribution in [0.15, 0.2) is 23.1 Å². The molecule has 4 bridgehead atoms. The van der Waals surface area contributed by atoms with Gasteiger partial charge in [-0.25, -0.2) is 17.2 Å². The Morgan fingerprint density at radius 3 is 2.00 bits per heavy atom. The number of benzene rings is 1. The Morgan fingerprint density at radius 2 is 1.45 bits per heavy atom. The lowest BCUT2D eigenvalue weighted by Gasteiger charge is -2.54. The van der Waals surface area contributed by atoms with Gasteiger partial charge < -0.3 is 4.90 Å². The molecule has 158 valence electrons. The summed E-state index contributed by atoms with van der Waals surface area (Å²) in [6.45, 7) is 1.07. The lowest BCUT2D eigenvalue weighted by Crippen LogP contribution is -2.56. The molecule has 1 aromatic carbocycles. The molecule has 0 aromatic heterocycles. The molecule has 1 saturated heterocycles. The molecule has 1 heterocycles. The van der Waals surface area contributed by atoms with Crippen molar-refractivity contribution in [2.75, 3.05) is 26.2 Å². The lowest BCUT2D eigenvalue weighted by molar-refractivity contribution is -0.150. The molecule has 0 radical (unpaired) electrons. The first-order chi connectivity index (χ1) is 13.8. The summed E-state index contributed by atoms with van der Waals surface area (Å²) in [6.07, 6.45) is 6.04. The molecule has 1 amide bonds. The van der Waals surface area contributed by atoms with Gasteiger partial charge in [0.2, 0.25) is 15.9 Å². The Labute approximate surface area is 170 Å². The number of hydrogen-bond donors (Lipinski definition) is 0. The summed E-state index contributed by atoms with van der Waals surface area (Å²) in [5.41, 5.74) is 0. The second-order valence-electron chi connectivity index (χ2n) is 9.26. The van der Waals surface area contributed by atoms with Crippen molar-refractivity contribution in [1.82, 2.24) is 9.21 Å². The largest absolute Gasteiger partial charge is 0.340 e. The zero-order chi connectivity index (χ0) is 20.3. The average Bonchev–Trinajstić information content (AvgIpc) is 2.69. The SMILES string of the molecule is O=C(C1C2CC3CC(C2)CC1C3)N1CCN(S(=O)(=O)c2ccc(F)c(F)c2)CC1.